The van der Waals surface area contributed by atoms with E-state index >= 15 is 0 Å². The van der Waals surface area contributed by atoms with Crippen LogP contribution in [0.2, 0.25) is 0 Å². The highest BCUT2D eigenvalue weighted by Gasteiger charge is 1.96. The second kappa shape index (κ2) is 5.69. The molecule has 0 heterocycles. The predicted molar refractivity (Wildman–Crippen MR) is 78.5 cm³/mol. The van der Waals surface area contributed by atoms with E-state index in [1.54, 1.807) is 0 Å². The molecule has 84 valence electrons. The number of hydrogen-bond donors (Lipinski definition) is 1. The molecule has 0 aliphatic rings. The Morgan fingerprint density at radius 1 is 1.00 bits per heavy atom. The van der Waals surface area contributed by atoms with Gasteiger partial charge in [0.05, 0.1) is 0 Å². The fraction of sp³-hybridized carbons (Fsp3) is 0.231. The largest absolute Gasteiger partial charge is 0.385 e. The van der Waals surface area contributed by atoms with E-state index in [1.807, 2.05) is 0 Å². The van der Waals surface area contributed by atoms with Gasteiger partial charge in [-0.05, 0) is 41.5 Å². The number of anilines is 1. The second-order valence-corrected chi connectivity index (χ2v) is 5.38. The summed E-state index contributed by atoms with van der Waals surface area (Å²) in [5.41, 5.74) is 1.19. The molecule has 0 saturated carbocycles. The van der Waals surface area contributed by atoms with Gasteiger partial charge in [-0.3, -0.25) is 0 Å². The highest BCUT2D eigenvalue weighted by atomic mass is 79.9. The fourth-order valence-electron chi connectivity index (χ4n) is 1.63. The van der Waals surface area contributed by atoms with Crippen molar-refractivity contribution in [2.45, 2.75) is 6.42 Å². The summed E-state index contributed by atoms with van der Waals surface area (Å²) in [7, 11) is 0. The van der Waals surface area contributed by atoms with Gasteiger partial charge in [0.2, 0.25) is 0 Å². The number of rotatable bonds is 4. The van der Waals surface area contributed by atoms with Gasteiger partial charge in [0.1, 0.15) is 0 Å². The predicted octanol–water partition coefficient (Wildman–Crippen LogP) is 4.80. The molecule has 1 N–H and O–H groups in total. The highest BCUT2D eigenvalue weighted by Crippen LogP contribution is 2.22. The van der Waals surface area contributed by atoms with Crippen LogP contribution in [-0.2, 0) is 0 Å². The average molecular weight is 343 g/mol. The Balaban J connectivity index is 2.20. The Hall–Kier alpha value is -0.540. The topological polar surface area (TPSA) is 12.0 Å². The van der Waals surface area contributed by atoms with Gasteiger partial charge < -0.3 is 5.32 Å². The first-order chi connectivity index (χ1) is 7.79. The van der Waals surface area contributed by atoms with E-state index in [1.165, 1.54) is 16.5 Å². The van der Waals surface area contributed by atoms with Crippen LogP contribution in [0.5, 0.6) is 0 Å². The van der Waals surface area contributed by atoms with Gasteiger partial charge in [-0.15, -0.1) is 0 Å². The molecule has 1 nitrogen and oxygen atoms in total. The van der Waals surface area contributed by atoms with Crippen molar-refractivity contribution in [3.8, 4) is 0 Å². The van der Waals surface area contributed by atoms with E-state index in [2.05, 4.69) is 73.6 Å². The number of hydrogen-bond acceptors (Lipinski definition) is 1. The zero-order valence-corrected chi connectivity index (χ0v) is 12.0. The Morgan fingerprint density at radius 2 is 1.75 bits per heavy atom. The fourth-order valence-corrected chi connectivity index (χ4v) is 2.29. The van der Waals surface area contributed by atoms with Crippen molar-refractivity contribution in [1.82, 2.24) is 0 Å². The smallest absolute Gasteiger partial charge is 0.0346 e. The lowest BCUT2D eigenvalue weighted by molar-refractivity contribution is 1.000. The number of alkyl halides is 1. The van der Waals surface area contributed by atoms with Crippen molar-refractivity contribution < 1.29 is 0 Å². The monoisotopic (exact) mass is 341 g/mol. The van der Waals surface area contributed by atoms with E-state index in [0.29, 0.717) is 0 Å². The molecule has 16 heavy (non-hydrogen) atoms. The average Bonchev–Trinajstić information content (AvgIpc) is 2.29. The summed E-state index contributed by atoms with van der Waals surface area (Å²) < 4.78 is 1.12. The third kappa shape index (κ3) is 2.98. The minimum atomic E-state index is 1.01. The van der Waals surface area contributed by atoms with Gasteiger partial charge in [0.25, 0.3) is 0 Å². The van der Waals surface area contributed by atoms with Crippen LogP contribution >= 0.6 is 31.9 Å². The molecule has 0 amide bonds. The van der Waals surface area contributed by atoms with Crippen molar-refractivity contribution in [2.24, 2.45) is 0 Å². The quantitative estimate of drug-likeness (QED) is 0.621. The standard InChI is InChI=1S/C13H13Br2N/c14-6-1-7-16-13-5-3-10-8-12(15)4-2-11(10)9-13/h2-5,8-9,16H,1,6-7H2. The van der Waals surface area contributed by atoms with Gasteiger partial charge in [-0.25, -0.2) is 0 Å². The lowest BCUT2D eigenvalue weighted by atomic mass is 10.1. The molecule has 0 aromatic heterocycles. The molecule has 0 radical (unpaired) electrons. The SMILES string of the molecule is BrCCCNc1ccc2cc(Br)ccc2c1. The molecule has 0 aliphatic heterocycles. The third-order valence-corrected chi connectivity index (χ3v) is 3.50. The summed E-state index contributed by atoms with van der Waals surface area (Å²) in [6.45, 7) is 1.01. The molecular formula is C13H13Br2N. The van der Waals surface area contributed by atoms with E-state index in [-0.39, 0.29) is 0 Å². The molecule has 3 heteroatoms. The maximum atomic E-state index is 3.48. The molecule has 0 saturated heterocycles. The molecule has 0 atom stereocenters. The molecule has 0 bridgehead atoms. The summed E-state index contributed by atoms with van der Waals surface area (Å²) >= 11 is 6.91. The minimum Gasteiger partial charge on any atom is -0.385 e. The Labute approximate surface area is 112 Å². The lowest BCUT2D eigenvalue weighted by Crippen LogP contribution is -2.01. The van der Waals surface area contributed by atoms with Gasteiger partial charge in [-0.1, -0.05) is 44.0 Å². The Bertz CT molecular complexity index is 482. The first-order valence-electron chi connectivity index (χ1n) is 5.29. The van der Waals surface area contributed by atoms with Crippen LogP contribution in [0.3, 0.4) is 0 Å². The minimum absolute atomic E-state index is 1.01. The summed E-state index contributed by atoms with van der Waals surface area (Å²) in [4.78, 5) is 0. The maximum absolute atomic E-state index is 3.48. The molecule has 2 aromatic carbocycles. The van der Waals surface area contributed by atoms with Crippen molar-refractivity contribution in [1.29, 1.82) is 0 Å². The van der Waals surface area contributed by atoms with Crippen molar-refractivity contribution in [3.63, 3.8) is 0 Å². The van der Waals surface area contributed by atoms with Crippen LogP contribution in [0.1, 0.15) is 6.42 Å². The highest BCUT2D eigenvalue weighted by molar-refractivity contribution is 9.10. The van der Waals surface area contributed by atoms with Crippen LogP contribution < -0.4 is 5.32 Å². The van der Waals surface area contributed by atoms with E-state index in [4.69, 9.17) is 0 Å². The summed E-state index contributed by atoms with van der Waals surface area (Å²) in [6.07, 6.45) is 1.14. The molecule has 2 rings (SSSR count). The van der Waals surface area contributed by atoms with Crippen LogP contribution in [0.4, 0.5) is 5.69 Å². The first kappa shape index (κ1) is 11.9. The first-order valence-corrected chi connectivity index (χ1v) is 7.20. The van der Waals surface area contributed by atoms with Gasteiger partial charge in [0.15, 0.2) is 0 Å². The van der Waals surface area contributed by atoms with E-state index < -0.39 is 0 Å². The zero-order valence-electron chi connectivity index (χ0n) is 8.84. The summed E-state index contributed by atoms with van der Waals surface area (Å²) in [5.74, 6) is 0. The van der Waals surface area contributed by atoms with Crippen LogP contribution in [0.15, 0.2) is 40.9 Å². The molecule has 0 spiro atoms. The summed E-state index contributed by atoms with van der Waals surface area (Å²) in [5, 5.41) is 6.99. The number of fused-ring (bicyclic) bond motifs is 1. The Kier molecular flexibility index (Phi) is 4.24. The van der Waals surface area contributed by atoms with E-state index in [9.17, 15) is 0 Å². The van der Waals surface area contributed by atoms with Crippen molar-refractivity contribution in [2.75, 3.05) is 17.2 Å². The zero-order chi connectivity index (χ0) is 11.4. The number of benzene rings is 2. The third-order valence-electron chi connectivity index (χ3n) is 2.44. The van der Waals surface area contributed by atoms with Gasteiger partial charge in [-0.2, -0.15) is 0 Å². The summed E-state index contributed by atoms with van der Waals surface area (Å²) in [6, 6.07) is 12.8. The van der Waals surface area contributed by atoms with E-state index in [0.717, 1.165) is 22.8 Å². The number of nitrogens with one attached hydrogen (secondary N) is 1. The van der Waals surface area contributed by atoms with Crippen molar-refractivity contribution in [3.05, 3.63) is 40.9 Å². The van der Waals surface area contributed by atoms with Crippen LogP contribution in [0.25, 0.3) is 10.8 Å². The second-order valence-electron chi connectivity index (χ2n) is 3.68. The van der Waals surface area contributed by atoms with Crippen molar-refractivity contribution >= 4 is 48.3 Å². The molecule has 2 aromatic rings. The lowest BCUT2D eigenvalue weighted by Gasteiger charge is -2.06. The number of halogens is 2. The molecule has 0 aliphatic carbocycles. The maximum Gasteiger partial charge on any atom is 0.0346 e. The van der Waals surface area contributed by atoms with Crippen LogP contribution in [0, 0.1) is 0 Å². The normalized spacial score (nSPS) is 10.6. The molecule has 0 unspecified atom stereocenters. The van der Waals surface area contributed by atoms with Crippen LogP contribution in [-0.4, -0.2) is 11.9 Å². The molecular weight excluding hydrogens is 330 g/mol. The molecule has 0 fully saturated rings. The Morgan fingerprint density at radius 3 is 2.56 bits per heavy atom. The van der Waals surface area contributed by atoms with Gasteiger partial charge in [0, 0.05) is 22.0 Å². The van der Waals surface area contributed by atoms with Gasteiger partial charge >= 0.3 is 0 Å².